The summed E-state index contributed by atoms with van der Waals surface area (Å²) in [4.78, 5) is 0. The Bertz CT molecular complexity index is 4.83. The maximum atomic E-state index is 0. The van der Waals surface area contributed by atoms with Gasteiger partial charge in [-0.05, 0) is 0 Å². The molecule has 11 heteroatoms. The Morgan fingerprint density at radius 2 is 0.273 bits per heavy atom. The van der Waals surface area contributed by atoms with Crippen molar-refractivity contribution in [2.75, 3.05) is 0 Å². The van der Waals surface area contributed by atoms with E-state index >= 15 is 0 Å². The van der Waals surface area contributed by atoms with Crippen molar-refractivity contribution in [2.24, 2.45) is 0 Å². The van der Waals surface area contributed by atoms with Crippen LogP contribution in [0.15, 0.2) is 0 Å². The number of rotatable bonds is 0. The molecule has 0 aromatic carbocycles. The first kappa shape index (κ1) is 4990. The molecule has 0 fully saturated rings. The van der Waals surface area contributed by atoms with E-state index in [1.54, 1.807) is 0 Å². The Labute approximate surface area is 62.3 Å². The minimum atomic E-state index is 0. The van der Waals surface area contributed by atoms with Crippen LogP contribution in [0.2, 0.25) is 0 Å². The molecule has 0 aromatic heterocycles. The van der Waals surface area contributed by atoms with Gasteiger partial charge in [0.15, 0.2) is 0 Å². The standard InChI is InChI=1S/H3N.10H2O/h1H3;10*1H2. The fourth-order valence-electron chi connectivity index (χ4n) is 0. The van der Waals surface area contributed by atoms with Gasteiger partial charge in [-0.1, -0.05) is 0 Å². The summed E-state index contributed by atoms with van der Waals surface area (Å²) in [5.41, 5.74) is 0. The van der Waals surface area contributed by atoms with Gasteiger partial charge in [0.05, 0.1) is 0 Å². The number of quaternary nitrogens is 1. The van der Waals surface area contributed by atoms with Crippen LogP contribution in [0.25, 0.3) is 0 Å². The lowest BCUT2D eigenvalue weighted by Crippen LogP contribution is -0.481. The first-order chi connectivity index (χ1) is 0. The zero-order valence-corrected chi connectivity index (χ0v) is 5.95. The van der Waals surface area contributed by atoms with Crippen molar-refractivity contribution < 1.29 is 54.8 Å². The van der Waals surface area contributed by atoms with Crippen LogP contribution >= 0.6 is 0 Å². The Morgan fingerprint density at radius 3 is 0.273 bits per heavy atom. The highest BCUT2D eigenvalue weighted by Gasteiger charge is -0.369. The van der Waals surface area contributed by atoms with Crippen LogP contribution in [-0.4, -0.2) is 54.8 Å². The fourth-order valence-corrected chi connectivity index (χ4v) is 0. The van der Waals surface area contributed by atoms with Gasteiger partial charge in [0.2, 0.25) is 0 Å². The SMILES string of the molecule is O.O.O.O.O.O.O.O.O.[NH4+].[OH-]. The summed E-state index contributed by atoms with van der Waals surface area (Å²) >= 11 is 0. The number of hydrogen-bond donors (Lipinski definition) is 1. The van der Waals surface area contributed by atoms with Crippen molar-refractivity contribution in [1.82, 2.24) is 6.15 Å². The molecule has 0 atom stereocenters. The smallest absolute Gasteiger partial charge is 0.369 e. The molecule has 0 unspecified atom stereocenters. The lowest BCUT2D eigenvalue weighted by molar-refractivity contribution is 0.823. The van der Waals surface area contributed by atoms with Gasteiger partial charge in [-0.25, -0.2) is 0 Å². The molecule has 23 N–H and O–H groups in total. The van der Waals surface area contributed by atoms with Crippen molar-refractivity contribution in [1.29, 1.82) is 0 Å². The Hall–Kier alpha value is -0.440. The predicted molar refractivity (Wildman–Crippen MR) is 40.4 cm³/mol. The molecule has 0 radical (unpaired) electrons. The van der Waals surface area contributed by atoms with Gasteiger partial charge in [0.1, 0.15) is 0 Å². The Balaban J connectivity index is 0. The molecule has 0 rings (SSSR count). The molecule has 88 valence electrons. The second-order valence-electron chi connectivity index (χ2n) is 0. The highest BCUT2D eigenvalue weighted by Crippen LogP contribution is -0.280. The molecule has 0 spiro atoms. The topological polar surface area (TPSA) is 350 Å². The average Bonchev–Trinajstić information content (AvgIpc) is 0. The van der Waals surface area contributed by atoms with E-state index in [-0.39, 0.29) is 60.9 Å². The van der Waals surface area contributed by atoms with E-state index in [0.717, 1.165) is 0 Å². The molecule has 0 saturated heterocycles. The van der Waals surface area contributed by atoms with E-state index in [1.807, 2.05) is 0 Å². The van der Waals surface area contributed by atoms with Gasteiger partial charge in [0, 0.05) is 0 Å². The third-order valence-corrected chi connectivity index (χ3v) is 0. The van der Waals surface area contributed by atoms with Crippen molar-refractivity contribution in [3.63, 3.8) is 0 Å². The third-order valence-electron chi connectivity index (χ3n) is 0. The van der Waals surface area contributed by atoms with Crippen molar-refractivity contribution in [3.8, 4) is 0 Å². The van der Waals surface area contributed by atoms with Crippen LogP contribution in [0.4, 0.5) is 0 Å². The van der Waals surface area contributed by atoms with E-state index in [9.17, 15) is 0 Å². The Morgan fingerprint density at radius 1 is 0.273 bits per heavy atom. The molecule has 11 heavy (non-hydrogen) atoms. The van der Waals surface area contributed by atoms with Gasteiger partial charge in [-0.2, -0.15) is 0 Å². The maximum Gasteiger partial charge on any atom is -0.369 e. The van der Waals surface area contributed by atoms with Crippen LogP contribution < -0.4 is 6.15 Å². The molecule has 0 aliphatic rings. The van der Waals surface area contributed by atoms with E-state index in [0.29, 0.717) is 0 Å². The summed E-state index contributed by atoms with van der Waals surface area (Å²) in [6.07, 6.45) is 0. The van der Waals surface area contributed by atoms with Crippen LogP contribution in [0.5, 0.6) is 0 Å². The molecular formula is H23NO10. The molecule has 0 heterocycles. The fraction of sp³-hybridized carbons (Fsp3) is 0. The van der Waals surface area contributed by atoms with E-state index in [4.69, 9.17) is 0 Å². The Kier molecular flexibility index (Phi) is 1640000. The van der Waals surface area contributed by atoms with Gasteiger partial charge >= 0.3 is 0 Å². The van der Waals surface area contributed by atoms with Gasteiger partial charge in [-0.15, -0.1) is 0 Å². The molecule has 0 aliphatic heterocycles. The molecule has 0 aromatic rings. The molecule has 0 aliphatic carbocycles. The second kappa shape index (κ2) is 3620. The highest BCUT2D eigenvalue weighted by molar-refractivity contribution is 2.13. The minimum Gasteiger partial charge on any atom is -0.870 e. The van der Waals surface area contributed by atoms with E-state index < -0.39 is 0 Å². The van der Waals surface area contributed by atoms with Crippen molar-refractivity contribution >= 4 is 0 Å². The van der Waals surface area contributed by atoms with Gasteiger partial charge in [-0.3, -0.25) is 0 Å². The third kappa shape index (κ3) is 2820. The van der Waals surface area contributed by atoms with E-state index in [2.05, 4.69) is 0 Å². The molecule has 0 amide bonds. The summed E-state index contributed by atoms with van der Waals surface area (Å²) in [5, 5.41) is 0. The van der Waals surface area contributed by atoms with Crippen LogP contribution in [0, 0.1) is 0 Å². The van der Waals surface area contributed by atoms with E-state index in [1.165, 1.54) is 0 Å². The van der Waals surface area contributed by atoms with Crippen LogP contribution in [-0.2, 0) is 0 Å². The molecule has 0 saturated carbocycles. The summed E-state index contributed by atoms with van der Waals surface area (Å²) in [6.45, 7) is 0. The van der Waals surface area contributed by atoms with Gasteiger partial charge < -0.3 is 60.9 Å². The molecular weight excluding hydrogens is 174 g/mol. The quantitative estimate of drug-likeness (QED) is 0.387. The highest BCUT2D eigenvalue weighted by atomic mass is 16.0. The summed E-state index contributed by atoms with van der Waals surface area (Å²) in [5.74, 6) is 0. The largest absolute Gasteiger partial charge is 0.870 e. The lowest BCUT2D eigenvalue weighted by atomic mass is 14.0. The first-order valence-corrected chi connectivity index (χ1v) is 0. The zero-order chi connectivity index (χ0) is 0. The summed E-state index contributed by atoms with van der Waals surface area (Å²) in [7, 11) is 0. The average molecular weight is 197 g/mol. The molecule has 11 nitrogen and oxygen atoms in total. The van der Waals surface area contributed by atoms with Crippen molar-refractivity contribution in [3.05, 3.63) is 0 Å². The number of hydrogen-bond acceptors (Lipinski definition) is 1. The summed E-state index contributed by atoms with van der Waals surface area (Å²) < 4.78 is 0. The van der Waals surface area contributed by atoms with Crippen LogP contribution in [0.3, 0.4) is 0 Å². The van der Waals surface area contributed by atoms with Crippen molar-refractivity contribution in [2.45, 2.75) is 0 Å². The van der Waals surface area contributed by atoms with Crippen LogP contribution in [0.1, 0.15) is 0 Å². The lowest BCUT2D eigenvalue weighted by Gasteiger charge is -0.870. The zero-order valence-electron chi connectivity index (χ0n) is 5.95. The second-order valence-corrected chi connectivity index (χ2v) is 0. The first-order valence-electron chi connectivity index (χ1n) is 0. The normalized spacial score (nSPS) is 0. The summed E-state index contributed by atoms with van der Waals surface area (Å²) in [6, 6.07) is 0. The molecule has 0 bridgehead atoms. The minimum absolute atomic E-state index is 0. The maximum absolute atomic E-state index is 0. The van der Waals surface area contributed by atoms with Gasteiger partial charge in [0.25, 0.3) is 0 Å². The predicted octanol–water partition coefficient (Wildman–Crippen LogP) is -7.22. The monoisotopic (exact) mass is 197 g/mol.